The van der Waals surface area contributed by atoms with Crippen molar-refractivity contribution in [3.05, 3.63) is 56.5 Å². The first-order chi connectivity index (χ1) is 8.97. The number of hydrogen-bond acceptors (Lipinski definition) is 2. The van der Waals surface area contributed by atoms with Crippen LogP contribution >= 0.6 is 39.1 Å². The zero-order valence-electron chi connectivity index (χ0n) is 9.45. The number of benzene rings is 2. The van der Waals surface area contributed by atoms with Gasteiger partial charge in [-0.2, -0.15) is 0 Å². The lowest BCUT2D eigenvalue weighted by atomic mass is 10.2. The predicted molar refractivity (Wildman–Crippen MR) is 80.2 cm³/mol. The fourth-order valence-electron chi connectivity index (χ4n) is 1.47. The van der Waals surface area contributed by atoms with Crippen molar-refractivity contribution >= 4 is 50.7 Å². The maximum Gasteiger partial charge on any atom is 0.257 e. The van der Waals surface area contributed by atoms with Crippen LogP contribution < -0.4 is 5.32 Å². The number of halogens is 3. The average molecular weight is 361 g/mol. The van der Waals surface area contributed by atoms with Crippen LogP contribution in [0.25, 0.3) is 0 Å². The predicted octanol–water partition coefficient (Wildman–Crippen LogP) is 4.71. The molecule has 0 aromatic heterocycles. The largest absolute Gasteiger partial charge is 0.508 e. The second-order valence-electron chi connectivity index (χ2n) is 3.74. The Kier molecular flexibility index (Phi) is 4.34. The Balaban J connectivity index is 2.28. The maximum atomic E-state index is 12.1. The number of anilines is 1. The van der Waals surface area contributed by atoms with Gasteiger partial charge in [0, 0.05) is 10.5 Å². The van der Waals surface area contributed by atoms with Gasteiger partial charge in [0.25, 0.3) is 5.91 Å². The van der Waals surface area contributed by atoms with E-state index in [1.807, 2.05) is 0 Å². The molecule has 0 aliphatic rings. The molecule has 6 heteroatoms. The Bertz CT molecular complexity index is 647. The number of phenols is 1. The van der Waals surface area contributed by atoms with E-state index in [0.717, 1.165) is 4.47 Å². The third kappa shape index (κ3) is 3.41. The van der Waals surface area contributed by atoms with E-state index in [1.54, 1.807) is 18.2 Å². The Morgan fingerprint density at radius 3 is 2.53 bits per heavy atom. The Hall–Kier alpha value is -1.23. The molecule has 0 unspecified atom stereocenters. The van der Waals surface area contributed by atoms with Gasteiger partial charge in [0.05, 0.1) is 21.3 Å². The molecule has 2 rings (SSSR count). The molecular formula is C13H8BrCl2NO2. The van der Waals surface area contributed by atoms with Gasteiger partial charge in [-0.1, -0.05) is 39.1 Å². The van der Waals surface area contributed by atoms with Crippen molar-refractivity contribution in [2.24, 2.45) is 0 Å². The van der Waals surface area contributed by atoms with Gasteiger partial charge >= 0.3 is 0 Å². The lowest BCUT2D eigenvalue weighted by Gasteiger charge is -2.09. The van der Waals surface area contributed by atoms with E-state index in [2.05, 4.69) is 21.2 Å². The van der Waals surface area contributed by atoms with Crippen molar-refractivity contribution in [2.75, 3.05) is 5.32 Å². The van der Waals surface area contributed by atoms with Gasteiger partial charge in [-0.15, -0.1) is 0 Å². The van der Waals surface area contributed by atoms with E-state index in [1.165, 1.54) is 18.2 Å². The maximum absolute atomic E-state index is 12.1. The molecular weight excluding hydrogens is 353 g/mol. The molecule has 0 bridgehead atoms. The molecule has 98 valence electrons. The molecule has 0 radical (unpaired) electrons. The van der Waals surface area contributed by atoms with Crippen molar-refractivity contribution in [3.8, 4) is 5.75 Å². The summed E-state index contributed by atoms with van der Waals surface area (Å²) >= 11 is 15.2. The number of amides is 1. The van der Waals surface area contributed by atoms with E-state index in [9.17, 15) is 9.90 Å². The summed E-state index contributed by atoms with van der Waals surface area (Å²) in [5, 5.41) is 12.5. The summed E-state index contributed by atoms with van der Waals surface area (Å²) in [5.74, 6) is -0.345. The van der Waals surface area contributed by atoms with E-state index < -0.39 is 0 Å². The Morgan fingerprint density at radius 2 is 1.84 bits per heavy atom. The highest BCUT2D eigenvalue weighted by atomic mass is 79.9. The molecule has 0 heterocycles. The number of carbonyl (C=O) groups excluding carboxylic acids is 1. The molecule has 0 saturated carbocycles. The third-order valence-corrected chi connectivity index (χ3v) is 3.51. The van der Waals surface area contributed by atoms with E-state index in [-0.39, 0.29) is 16.7 Å². The summed E-state index contributed by atoms with van der Waals surface area (Å²) in [5.41, 5.74) is 0.737. The summed E-state index contributed by atoms with van der Waals surface area (Å²) in [6, 6.07) is 9.28. The lowest BCUT2D eigenvalue weighted by molar-refractivity contribution is 0.102. The first-order valence-corrected chi connectivity index (χ1v) is 6.77. The van der Waals surface area contributed by atoms with E-state index in [0.29, 0.717) is 16.3 Å². The quantitative estimate of drug-likeness (QED) is 0.761. The van der Waals surface area contributed by atoms with Crippen molar-refractivity contribution in [1.29, 1.82) is 0 Å². The number of aromatic hydroxyl groups is 1. The summed E-state index contributed by atoms with van der Waals surface area (Å²) in [6.45, 7) is 0. The molecule has 1 amide bonds. The number of carbonyl (C=O) groups is 1. The number of hydrogen-bond donors (Lipinski definition) is 2. The normalized spacial score (nSPS) is 10.3. The SMILES string of the molecule is O=C(Nc1ccc(O)cc1Cl)c1cc(Br)ccc1Cl. The molecule has 0 aliphatic carbocycles. The second-order valence-corrected chi connectivity index (χ2v) is 5.47. The van der Waals surface area contributed by atoms with Gasteiger partial charge in [-0.3, -0.25) is 4.79 Å². The minimum Gasteiger partial charge on any atom is -0.508 e. The van der Waals surface area contributed by atoms with Crippen LogP contribution in [0.1, 0.15) is 10.4 Å². The monoisotopic (exact) mass is 359 g/mol. The molecule has 2 aromatic carbocycles. The van der Waals surface area contributed by atoms with Crippen molar-refractivity contribution < 1.29 is 9.90 Å². The molecule has 0 aliphatic heterocycles. The minimum absolute atomic E-state index is 0.0310. The summed E-state index contributed by atoms with van der Waals surface area (Å²) in [6.07, 6.45) is 0. The van der Waals surface area contributed by atoms with Crippen LogP contribution in [-0.4, -0.2) is 11.0 Å². The summed E-state index contributed by atoms with van der Waals surface area (Å²) < 4.78 is 0.749. The highest BCUT2D eigenvalue weighted by Gasteiger charge is 2.12. The van der Waals surface area contributed by atoms with E-state index >= 15 is 0 Å². The number of phenolic OH excluding ortho intramolecular Hbond substituents is 1. The van der Waals surface area contributed by atoms with Crippen molar-refractivity contribution in [2.45, 2.75) is 0 Å². The van der Waals surface area contributed by atoms with Gasteiger partial charge in [0.1, 0.15) is 5.75 Å². The summed E-state index contributed by atoms with van der Waals surface area (Å²) in [7, 11) is 0. The molecule has 0 spiro atoms. The fraction of sp³-hybridized carbons (Fsp3) is 0. The second kappa shape index (κ2) is 5.82. The van der Waals surface area contributed by atoms with Gasteiger partial charge in [-0.25, -0.2) is 0 Å². The first-order valence-electron chi connectivity index (χ1n) is 5.22. The fourth-order valence-corrected chi connectivity index (χ4v) is 2.25. The van der Waals surface area contributed by atoms with E-state index in [4.69, 9.17) is 23.2 Å². The minimum atomic E-state index is -0.376. The smallest absolute Gasteiger partial charge is 0.257 e. The highest BCUT2D eigenvalue weighted by molar-refractivity contribution is 9.10. The van der Waals surface area contributed by atoms with Crippen LogP contribution in [-0.2, 0) is 0 Å². The number of nitrogens with one attached hydrogen (secondary N) is 1. The molecule has 2 N–H and O–H groups in total. The molecule has 3 nitrogen and oxygen atoms in total. The van der Waals surface area contributed by atoms with Gasteiger partial charge in [0.15, 0.2) is 0 Å². The van der Waals surface area contributed by atoms with Gasteiger partial charge in [0.2, 0.25) is 0 Å². The Labute approximate surface area is 128 Å². The zero-order chi connectivity index (χ0) is 14.0. The molecule has 0 saturated heterocycles. The topological polar surface area (TPSA) is 49.3 Å². The van der Waals surface area contributed by atoms with Crippen LogP contribution in [0.2, 0.25) is 10.0 Å². The van der Waals surface area contributed by atoms with Crippen LogP contribution in [0.4, 0.5) is 5.69 Å². The third-order valence-electron chi connectivity index (χ3n) is 2.37. The van der Waals surface area contributed by atoms with Crippen LogP contribution in [0.3, 0.4) is 0 Å². The molecule has 19 heavy (non-hydrogen) atoms. The molecule has 0 fully saturated rings. The molecule has 2 aromatic rings. The zero-order valence-corrected chi connectivity index (χ0v) is 12.6. The molecule has 0 atom stereocenters. The highest BCUT2D eigenvalue weighted by Crippen LogP contribution is 2.27. The van der Waals surface area contributed by atoms with Gasteiger partial charge in [-0.05, 0) is 30.3 Å². The Morgan fingerprint density at radius 1 is 1.11 bits per heavy atom. The van der Waals surface area contributed by atoms with Crippen LogP contribution in [0, 0.1) is 0 Å². The van der Waals surface area contributed by atoms with Crippen molar-refractivity contribution in [1.82, 2.24) is 0 Å². The van der Waals surface area contributed by atoms with Crippen LogP contribution in [0.15, 0.2) is 40.9 Å². The number of rotatable bonds is 2. The lowest BCUT2D eigenvalue weighted by Crippen LogP contribution is -2.12. The first kappa shape index (κ1) is 14.2. The van der Waals surface area contributed by atoms with Crippen molar-refractivity contribution in [3.63, 3.8) is 0 Å². The van der Waals surface area contributed by atoms with Crippen LogP contribution in [0.5, 0.6) is 5.75 Å². The van der Waals surface area contributed by atoms with Gasteiger partial charge < -0.3 is 10.4 Å². The summed E-state index contributed by atoms with van der Waals surface area (Å²) in [4.78, 5) is 12.1. The standard InChI is InChI=1S/C13H8BrCl2NO2/c14-7-1-3-10(15)9(5-7)13(19)17-12-4-2-8(18)6-11(12)16/h1-6,18H,(H,17,19). The average Bonchev–Trinajstić information content (AvgIpc) is 2.35.